The number of carbonyl (C=O) groups excluding carboxylic acids is 2. The average molecular weight is 415 g/mol. The minimum atomic E-state index is -0.707. The van der Waals surface area contributed by atoms with Crippen LogP contribution in [0.5, 0.6) is 0 Å². The lowest BCUT2D eigenvalue weighted by atomic mass is 10.0. The fraction of sp³-hybridized carbons (Fsp3) is 0.533. The number of halogens is 1. The van der Waals surface area contributed by atoms with Crippen molar-refractivity contribution in [1.29, 1.82) is 0 Å². The van der Waals surface area contributed by atoms with Crippen molar-refractivity contribution in [2.75, 3.05) is 24.2 Å². The number of aromatic nitrogens is 4. The van der Waals surface area contributed by atoms with Crippen LogP contribution in [0.2, 0.25) is 0 Å². The summed E-state index contributed by atoms with van der Waals surface area (Å²) in [6, 6.07) is 0.487. The van der Waals surface area contributed by atoms with E-state index in [4.69, 9.17) is 5.73 Å². The molecule has 27 heavy (non-hydrogen) atoms. The van der Waals surface area contributed by atoms with Crippen LogP contribution in [-0.4, -0.2) is 51.4 Å². The second kappa shape index (κ2) is 9.62. The van der Waals surface area contributed by atoms with Gasteiger partial charge in [-0.1, -0.05) is 23.0 Å². The molecule has 1 aliphatic heterocycles. The first-order valence-electron chi connectivity index (χ1n) is 8.50. The summed E-state index contributed by atoms with van der Waals surface area (Å²) in [5, 5.41) is 17.6. The first-order valence-corrected chi connectivity index (χ1v) is 9.31. The topological polar surface area (TPSA) is 140 Å². The lowest BCUT2D eigenvalue weighted by molar-refractivity contribution is 0.0997. The first kappa shape index (κ1) is 21.1. The van der Waals surface area contributed by atoms with Gasteiger partial charge < -0.3 is 21.7 Å². The van der Waals surface area contributed by atoms with Crippen LogP contribution in [0.25, 0.3) is 0 Å². The van der Waals surface area contributed by atoms with Crippen molar-refractivity contribution in [3.05, 3.63) is 17.6 Å². The molecule has 0 spiro atoms. The summed E-state index contributed by atoms with van der Waals surface area (Å²) in [4.78, 5) is 27.9. The van der Waals surface area contributed by atoms with E-state index in [1.54, 1.807) is 17.9 Å². The van der Waals surface area contributed by atoms with Crippen molar-refractivity contribution >= 4 is 45.7 Å². The van der Waals surface area contributed by atoms with Crippen LogP contribution < -0.4 is 21.7 Å². The van der Waals surface area contributed by atoms with E-state index in [1.165, 1.54) is 12.8 Å². The minimum Gasteiger partial charge on any atom is -0.365 e. The molecular formula is C15H23ClN8O2S. The molecule has 0 saturated carbocycles. The van der Waals surface area contributed by atoms with Crippen LogP contribution in [0, 0.1) is 0 Å². The standard InChI is InChI=1S/C15H22N8O2S.ClH/c1-17-15-19-11(12(16)24)14(26-15)20-13(25)10-8-23(22-21-10)7-5-9-4-2-3-6-18-9;/h8-9,18H,2-7H2,1H3,(H2,16,24)(H,17,19)(H,20,25);1H. The van der Waals surface area contributed by atoms with E-state index in [1.807, 2.05) is 0 Å². The van der Waals surface area contributed by atoms with E-state index in [0.717, 1.165) is 30.7 Å². The molecule has 2 aromatic rings. The summed E-state index contributed by atoms with van der Waals surface area (Å²) < 4.78 is 1.66. The van der Waals surface area contributed by atoms with Gasteiger partial charge in [-0.3, -0.25) is 14.3 Å². The number of aryl methyl sites for hydroxylation is 1. The van der Waals surface area contributed by atoms with E-state index in [9.17, 15) is 9.59 Å². The molecule has 0 bridgehead atoms. The first-order chi connectivity index (χ1) is 12.6. The van der Waals surface area contributed by atoms with Gasteiger partial charge in [0.05, 0.1) is 6.20 Å². The Morgan fingerprint density at radius 2 is 2.26 bits per heavy atom. The van der Waals surface area contributed by atoms with Crippen LogP contribution in [0.4, 0.5) is 10.1 Å². The zero-order chi connectivity index (χ0) is 18.5. The van der Waals surface area contributed by atoms with Crippen LogP contribution in [0.1, 0.15) is 46.7 Å². The van der Waals surface area contributed by atoms with Crippen molar-refractivity contribution in [2.45, 2.75) is 38.3 Å². The van der Waals surface area contributed by atoms with Crippen LogP contribution in [0.3, 0.4) is 0 Å². The summed E-state index contributed by atoms with van der Waals surface area (Å²) in [5.74, 6) is -1.16. The van der Waals surface area contributed by atoms with E-state index in [-0.39, 0.29) is 28.8 Å². The van der Waals surface area contributed by atoms with Crippen molar-refractivity contribution in [3.63, 3.8) is 0 Å². The maximum Gasteiger partial charge on any atom is 0.278 e. The Bertz CT molecular complexity index is 787. The van der Waals surface area contributed by atoms with Gasteiger partial charge >= 0.3 is 0 Å². The second-order valence-electron chi connectivity index (χ2n) is 6.07. The molecule has 2 amide bonds. The molecule has 1 atom stereocenters. The second-order valence-corrected chi connectivity index (χ2v) is 7.07. The number of thiazole rings is 1. The Kier molecular flexibility index (Phi) is 7.51. The van der Waals surface area contributed by atoms with Crippen molar-refractivity contribution in [1.82, 2.24) is 25.3 Å². The Morgan fingerprint density at radius 1 is 1.44 bits per heavy atom. The molecule has 1 aliphatic rings. The molecule has 12 heteroatoms. The normalized spacial score (nSPS) is 16.4. The fourth-order valence-corrected chi connectivity index (χ4v) is 3.64. The number of rotatable bonds is 7. The minimum absolute atomic E-state index is 0. The number of nitrogens with zero attached hydrogens (tertiary/aromatic N) is 4. The highest BCUT2D eigenvalue weighted by Crippen LogP contribution is 2.28. The van der Waals surface area contributed by atoms with Crippen LogP contribution in [-0.2, 0) is 6.54 Å². The molecule has 1 saturated heterocycles. The number of amides is 2. The summed E-state index contributed by atoms with van der Waals surface area (Å²) in [5.41, 5.74) is 5.49. The predicted octanol–water partition coefficient (Wildman–Crippen LogP) is 1.08. The Balaban J connectivity index is 0.00000261. The van der Waals surface area contributed by atoms with E-state index < -0.39 is 11.8 Å². The van der Waals surface area contributed by atoms with E-state index >= 15 is 0 Å². The molecule has 3 rings (SSSR count). The molecule has 2 aromatic heterocycles. The average Bonchev–Trinajstić information content (AvgIpc) is 3.27. The molecular weight excluding hydrogens is 392 g/mol. The number of anilines is 2. The molecule has 1 fully saturated rings. The highest BCUT2D eigenvalue weighted by molar-refractivity contribution is 7.20. The van der Waals surface area contributed by atoms with Crippen LogP contribution in [0.15, 0.2) is 6.20 Å². The fourth-order valence-electron chi connectivity index (χ4n) is 2.82. The Morgan fingerprint density at radius 3 is 2.93 bits per heavy atom. The van der Waals surface area contributed by atoms with Crippen molar-refractivity contribution in [2.24, 2.45) is 5.73 Å². The van der Waals surface area contributed by atoms with Gasteiger partial charge in [0.15, 0.2) is 16.5 Å². The molecule has 10 nitrogen and oxygen atoms in total. The largest absolute Gasteiger partial charge is 0.365 e. The molecule has 1 unspecified atom stereocenters. The summed E-state index contributed by atoms with van der Waals surface area (Å²) in [6.07, 6.45) is 6.18. The summed E-state index contributed by atoms with van der Waals surface area (Å²) in [6.45, 7) is 1.75. The van der Waals surface area contributed by atoms with Gasteiger partial charge in [-0.15, -0.1) is 17.5 Å². The number of hydrogen-bond acceptors (Lipinski definition) is 8. The van der Waals surface area contributed by atoms with Gasteiger partial charge in [0.25, 0.3) is 11.8 Å². The number of nitrogens with two attached hydrogens (primary N) is 1. The van der Waals surface area contributed by atoms with Gasteiger partial charge in [0.2, 0.25) is 0 Å². The van der Waals surface area contributed by atoms with Gasteiger partial charge in [-0.2, -0.15) is 0 Å². The number of carbonyl (C=O) groups is 2. The Labute approximate surface area is 166 Å². The summed E-state index contributed by atoms with van der Waals surface area (Å²) >= 11 is 1.13. The van der Waals surface area contributed by atoms with Crippen molar-refractivity contribution < 1.29 is 9.59 Å². The third-order valence-electron chi connectivity index (χ3n) is 4.19. The lowest BCUT2D eigenvalue weighted by Gasteiger charge is -2.23. The zero-order valence-corrected chi connectivity index (χ0v) is 16.5. The Hall–Kier alpha value is -2.24. The van der Waals surface area contributed by atoms with Crippen LogP contribution >= 0.6 is 23.7 Å². The molecule has 0 aromatic carbocycles. The highest BCUT2D eigenvalue weighted by Gasteiger charge is 2.20. The predicted molar refractivity (Wildman–Crippen MR) is 106 cm³/mol. The smallest absolute Gasteiger partial charge is 0.278 e. The third kappa shape index (κ3) is 5.37. The van der Waals surface area contributed by atoms with Gasteiger partial charge in [0, 0.05) is 19.6 Å². The monoisotopic (exact) mass is 414 g/mol. The molecule has 148 valence electrons. The quantitative estimate of drug-likeness (QED) is 0.531. The van der Waals surface area contributed by atoms with Gasteiger partial charge in [-0.25, -0.2) is 4.98 Å². The zero-order valence-electron chi connectivity index (χ0n) is 14.9. The number of hydrogen-bond donors (Lipinski definition) is 4. The van der Waals surface area contributed by atoms with E-state index in [0.29, 0.717) is 17.7 Å². The maximum absolute atomic E-state index is 12.4. The SMILES string of the molecule is CNc1nc(C(N)=O)c(NC(=O)c2cn(CCC3CCCCN3)nn2)s1.Cl. The number of nitrogens with one attached hydrogen (secondary N) is 3. The third-order valence-corrected chi connectivity index (χ3v) is 5.18. The van der Waals surface area contributed by atoms with Gasteiger partial charge in [0.1, 0.15) is 5.00 Å². The lowest BCUT2D eigenvalue weighted by Crippen LogP contribution is -2.34. The van der Waals surface area contributed by atoms with Gasteiger partial charge in [-0.05, 0) is 25.8 Å². The number of piperidine rings is 1. The van der Waals surface area contributed by atoms with E-state index in [2.05, 4.69) is 31.2 Å². The molecule has 0 aliphatic carbocycles. The highest BCUT2D eigenvalue weighted by atomic mass is 35.5. The molecule has 5 N–H and O–H groups in total. The summed E-state index contributed by atoms with van der Waals surface area (Å²) in [7, 11) is 1.67. The molecule has 3 heterocycles. The van der Waals surface area contributed by atoms with Crippen molar-refractivity contribution in [3.8, 4) is 0 Å². The number of primary amides is 1. The molecule has 0 radical (unpaired) electrons. The maximum atomic E-state index is 12.4.